The van der Waals surface area contributed by atoms with E-state index in [1.165, 1.54) is 29.0 Å². The van der Waals surface area contributed by atoms with Gasteiger partial charge in [-0.25, -0.2) is 17.8 Å². The first-order valence-corrected chi connectivity index (χ1v) is 10.4. The maximum absolute atomic E-state index is 12.5. The van der Waals surface area contributed by atoms with E-state index >= 15 is 0 Å². The molecule has 1 heterocycles. The standard InChI is InChI=1S/C17H15ClN4O5S/c1-28(26,27)12-4-5-13(18)14(6-12)20-15(23)9-22-16(24)10(7-19)8-21(17(22)25)11-2-3-11/h4-6,8,11H,2-3,9H2,1H3,(H,20,23). The van der Waals surface area contributed by atoms with Gasteiger partial charge in [0, 0.05) is 18.5 Å². The van der Waals surface area contributed by atoms with Gasteiger partial charge in [0.15, 0.2) is 9.84 Å². The SMILES string of the molecule is CS(=O)(=O)c1ccc(Cl)c(NC(=O)Cn2c(=O)c(C#N)cn(C3CC3)c2=O)c1. The fraction of sp³-hybridized carbons (Fsp3) is 0.294. The molecule has 1 aromatic heterocycles. The molecule has 0 atom stereocenters. The van der Waals surface area contributed by atoms with Crippen LogP contribution in [-0.4, -0.2) is 29.7 Å². The van der Waals surface area contributed by atoms with Crippen molar-refractivity contribution in [1.82, 2.24) is 9.13 Å². The fourth-order valence-corrected chi connectivity index (χ4v) is 3.43. The molecule has 0 aliphatic heterocycles. The summed E-state index contributed by atoms with van der Waals surface area (Å²) in [5.41, 5.74) is -1.76. The van der Waals surface area contributed by atoms with Crippen LogP contribution in [-0.2, 0) is 21.2 Å². The Morgan fingerprint density at radius 1 is 1.36 bits per heavy atom. The van der Waals surface area contributed by atoms with E-state index in [2.05, 4.69) is 5.32 Å². The summed E-state index contributed by atoms with van der Waals surface area (Å²) in [4.78, 5) is 37.1. The number of hydrogen-bond acceptors (Lipinski definition) is 6. The monoisotopic (exact) mass is 422 g/mol. The van der Waals surface area contributed by atoms with Crippen molar-refractivity contribution >= 4 is 33.0 Å². The Labute approximate surface area is 164 Å². The molecule has 1 saturated carbocycles. The Morgan fingerprint density at radius 2 is 2.04 bits per heavy atom. The zero-order valence-electron chi connectivity index (χ0n) is 14.7. The van der Waals surface area contributed by atoms with E-state index in [4.69, 9.17) is 16.9 Å². The largest absolute Gasteiger partial charge is 0.331 e. The third-order valence-electron chi connectivity index (χ3n) is 4.20. The molecule has 28 heavy (non-hydrogen) atoms. The molecule has 11 heteroatoms. The van der Waals surface area contributed by atoms with E-state index in [9.17, 15) is 22.8 Å². The minimum Gasteiger partial charge on any atom is -0.323 e. The molecule has 0 spiro atoms. The number of benzene rings is 1. The van der Waals surface area contributed by atoms with Crippen molar-refractivity contribution in [3.8, 4) is 6.07 Å². The van der Waals surface area contributed by atoms with Crippen molar-refractivity contribution in [2.24, 2.45) is 0 Å². The summed E-state index contributed by atoms with van der Waals surface area (Å²) < 4.78 is 25.3. The van der Waals surface area contributed by atoms with Gasteiger partial charge in [-0.05, 0) is 31.0 Å². The number of nitrogens with one attached hydrogen (secondary N) is 1. The van der Waals surface area contributed by atoms with Crippen molar-refractivity contribution in [1.29, 1.82) is 5.26 Å². The molecule has 1 fully saturated rings. The van der Waals surface area contributed by atoms with Gasteiger partial charge in [-0.1, -0.05) is 11.6 Å². The highest BCUT2D eigenvalue weighted by Gasteiger charge is 2.27. The van der Waals surface area contributed by atoms with Crippen molar-refractivity contribution in [2.45, 2.75) is 30.3 Å². The Balaban J connectivity index is 1.93. The molecule has 1 aliphatic carbocycles. The molecular formula is C17H15ClN4O5S. The highest BCUT2D eigenvalue weighted by molar-refractivity contribution is 7.90. The third kappa shape index (κ3) is 4.00. The number of nitriles is 1. The Morgan fingerprint density at radius 3 is 2.61 bits per heavy atom. The molecule has 0 saturated heterocycles. The van der Waals surface area contributed by atoms with Crippen LogP contribution in [0.3, 0.4) is 0 Å². The van der Waals surface area contributed by atoms with Gasteiger partial charge in [0.05, 0.1) is 15.6 Å². The number of hydrogen-bond donors (Lipinski definition) is 1. The highest BCUT2D eigenvalue weighted by Crippen LogP contribution is 2.33. The van der Waals surface area contributed by atoms with Crippen LogP contribution >= 0.6 is 11.6 Å². The topological polar surface area (TPSA) is 131 Å². The van der Waals surface area contributed by atoms with Gasteiger partial charge in [-0.3, -0.25) is 14.2 Å². The molecule has 1 N–H and O–H groups in total. The van der Waals surface area contributed by atoms with Crippen LogP contribution in [0, 0.1) is 11.3 Å². The van der Waals surface area contributed by atoms with Crippen molar-refractivity contribution < 1.29 is 13.2 Å². The number of halogens is 1. The first-order chi connectivity index (χ1) is 13.1. The van der Waals surface area contributed by atoms with E-state index in [1.54, 1.807) is 6.07 Å². The number of nitrogens with zero attached hydrogens (tertiary/aromatic N) is 3. The molecular weight excluding hydrogens is 408 g/mol. The summed E-state index contributed by atoms with van der Waals surface area (Å²) in [5.74, 6) is -0.760. The fourth-order valence-electron chi connectivity index (χ4n) is 2.62. The summed E-state index contributed by atoms with van der Waals surface area (Å²) in [6.07, 6.45) is 3.73. The molecule has 146 valence electrons. The zero-order chi connectivity index (χ0) is 20.6. The van der Waals surface area contributed by atoms with Gasteiger partial charge in [-0.2, -0.15) is 5.26 Å². The van der Waals surface area contributed by atoms with Crippen LogP contribution in [0.25, 0.3) is 0 Å². The zero-order valence-corrected chi connectivity index (χ0v) is 16.2. The molecule has 0 radical (unpaired) electrons. The molecule has 1 amide bonds. The van der Waals surface area contributed by atoms with Gasteiger partial charge in [0.2, 0.25) is 5.91 Å². The molecule has 0 bridgehead atoms. The first-order valence-electron chi connectivity index (χ1n) is 8.17. The predicted octanol–water partition coefficient (Wildman–Crippen LogP) is 0.912. The van der Waals surface area contributed by atoms with Crippen molar-refractivity contribution in [3.63, 3.8) is 0 Å². The molecule has 2 aromatic rings. The van der Waals surface area contributed by atoms with Crippen LogP contribution in [0.2, 0.25) is 5.02 Å². The van der Waals surface area contributed by atoms with Gasteiger partial charge < -0.3 is 5.32 Å². The smallest absolute Gasteiger partial charge is 0.323 e. The number of anilines is 1. The number of carbonyl (C=O) groups excluding carboxylic acids is 1. The Bertz CT molecular complexity index is 1240. The highest BCUT2D eigenvalue weighted by atomic mass is 35.5. The average Bonchev–Trinajstić information content (AvgIpc) is 3.45. The lowest BCUT2D eigenvalue weighted by molar-refractivity contribution is -0.116. The van der Waals surface area contributed by atoms with Gasteiger partial charge >= 0.3 is 5.69 Å². The summed E-state index contributed by atoms with van der Waals surface area (Å²) in [7, 11) is -3.52. The number of aromatic nitrogens is 2. The molecule has 3 rings (SSSR count). The lowest BCUT2D eigenvalue weighted by Gasteiger charge is -2.12. The van der Waals surface area contributed by atoms with E-state index in [-0.39, 0.29) is 27.2 Å². The van der Waals surface area contributed by atoms with Crippen LogP contribution < -0.4 is 16.6 Å². The first kappa shape index (κ1) is 19.9. The lowest BCUT2D eigenvalue weighted by Crippen LogP contribution is -2.43. The minimum absolute atomic E-state index is 0.0293. The van der Waals surface area contributed by atoms with E-state index in [0.29, 0.717) is 4.57 Å². The summed E-state index contributed by atoms with van der Waals surface area (Å²) in [6, 6.07) is 5.44. The van der Waals surface area contributed by atoms with E-state index < -0.39 is 33.5 Å². The average molecular weight is 423 g/mol. The van der Waals surface area contributed by atoms with Gasteiger partial charge in [-0.15, -0.1) is 0 Å². The Hall–Kier alpha value is -2.90. The van der Waals surface area contributed by atoms with Crippen LogP contribution in [0.4, 0.5) is 5.69 Å². The van der Waals surface area contributed by atoms with Crippen LogP contribution in [0.5, 0.6) is 0 Å². The van der Waals surface area contributed by atoms with Crippen molar-refractivity contribution in [2.75, 3.05) is 11.6 Å². The Kier molecular flexibility index (Phi) is 5.14. The summed E-state index contributed by atoms with van der Waals surface area (Å²) >= 11 is 5.99. The summed E-state index contributed by atoms with van der Waals surface area (Å²) in [6.45, 7) is -0.640. The number of carbonyl (C=O) groups is 1. The van der Waals surface area contributed by atoms with E-state index in [0.717, 1.165) is 19.1 Å². The van der Waals surface area contributed by atoms with Crippen molar-refractivity contribution in [3.05, 3.63) is 55.8 Å². The van der Waals surface area contributed by atoms with Crippen LogP contribution in [0.15, 0.2) is 38.9 Å². The number of rotatable bonds is 5. The molecule has 9 nitrogen and oxygen atoms in total. The summed E-state index contributed by atoms with van der Waals surface area (Å²) in [5, 5.41) is 11.6. The lowest BCUT2D eigenvalue weighted by atomic mass is 10.3. The second kappa shape index (κ2) is 7.26. The maximum Gasteiger partial charge on any atom is 0.331 e. The quantitative estimate of drug-likeness (QED) is 0.761. The number of amides is 1. The molecule has 0 unspecified atom stereocenters. The molecule has 1 aromatic carbocycles. The normalized spacial score (nSPS) is 13.8. The van der Waals surface area contributed by atoms with Gasteiger partial charge in [0.1, 0.15) is 18.2 Å². The molecule has 1 aliphatic rings. The minimum atomic E-state index is -3.52. The predicted molar refractivity (Wildman–Crippen MR) is 101 cm³/mol. The van der Waals surface area contributed by atoms with Crippen LogP contribution in [0.1, 0.15) is 24.4 Å². The van der Waals surface area contributed by atoms with Gasteiger partial charge in [0.25, 0.3) is 5.56 Å². The van der Waals surface area contributed by atoms with E-state index in [1.807, 2.05) is 0 Å². The maximum atomic E-state index is 12.5. The second-order valence-electron chi connectivity index (χ2n) is 6.43. The third-order valence-corrected chi connectivity index (χ3v) is 5.64. The number of sulfone groups is 1. The second-order valence-corrected chi connectivity index (χ2v) is 8.85.